The van der Waals surface area contributed by atoms with Gasteiger partial charge in [0.25, 0.3) is 0 Å². The Morgan fingerprint density at radius 1 is 0.857 bits per heavy atom. The van der Waals surface area contributed by atoms with Crippen LogP contribution in [0.1, 0.15) is 41.5 Å². The van der Waals surface area contributed by atoms with Crippen LogP contribution < -0.4 is 0 Å². The lowest BCUT2D eigenvalue weighted by molar-refractivity contribution is -0.163. The Morgan fingerprint density at radius 2 is 1.19 bits per heavy atom. The number of alkyl halides is 1. The number of rotatable bonds is 5. The van der Waals surface area contributed by atoms with Crippen molar-refractivity contribution in [2.24, 2.45) is 0 Å². The van der Waals surface area contributed by atoms with Crippen LogP contribution in [-0.4, -0.2) is 52.9 Å². The summed E-state index contributed by atoms with van der Waals surface area (Å²) in [5, 5.41) is 0. The zero-order valence-corrected chi connectivity index (χ0v) is 14.2. The summed E-state index contributed by atoms with van der Waals surface area (Å²) in [4.78, 5) is 36.2. The van der Waals surface area contributed by atoms with Crippen molar-refractivity contribution in [1.82, 2.24) is 4.90 Å². The van der Waals surface area contributed by atoms with Crippen molar-refractivity contribution in [3.05, 3.63) is 0 Å². The van der Waals surface area contributed by atoms with Crippen molar-refractivity contribution >= 4 is 29.4 Å². The molecular weight excluding hydrogens is 298 g/mol. The van der Waals surface area contributed by atoms with E-state index in [0.717, 1.165) is 4.90 Å². The van der Waals surface area contributed by atoms with E-state index >= 15 is 0 Å². The zero-order valence-electron chi connectivity index (χ0n) is 13.5. The van der Waals surface area contributed by atoms with Crippen LogP contribution >= 0.6 is 11.6 Å². The van der Waals surface area contributed by atoms with Crippen LogP contribution in [0.4, 0.5) is 0 Å². The van der Waals surface area contributed by atoms with E-state index in [9.17, 15) is 14.4 Å². The lowest BCUT2D eigenvalue weighted by atomic mass is 10.2. The van der Waals surface area contributed by atoms with Gasteiger partial charge < -0.3 is 14.4 Å². The summed E-state index contributed by atoms with van der Waals surface area (Å²) in [7, 11) is 0. The van der Waals surface area contributed by atoms with Gasteiger partial charge in [-0.05, 0) is 41.5 Å². The van der Waals surface area contributed by atoms with Crippen molar-refractivity contribution in [2.45, 2.75) is 52.7 Å². The van der Waals surface area contributed by atoms with Crippen LogP contribution in [0.15, 0.2) is 0 Å². The molecule has 1 amide bonds. The number of ether oxygens (including phenoxy) is 2. The Labute approximate surface area is 130 Å². The van der Waals surface area contributed by atoms with E-state index in [1.165, 1.54) is 0 Å². The van der Waals surface area contributed by atoms with Gasteiger partial charge in [-0.3, -0.25) is 14.4 Å². The monoisotopic (exact) mass is 321 g/mol. The second kappa shape index (κ2) is 7.64. The summed E-state index contributed by atoms with van der Waals surface area (Å²) in [5.74, 6) is -2.08. The summed E-state index contributed by atoms with van der Waals surface area (Å²) < 4.78 is 10.2. The maximum atomic E-state index is 11.7. The van der Waals surface area contributed by atoms with Crippen LogP contribution in [-0.2, 0) is 23.9 Å². The minimum absolute atomic E-state index is 0.328. The van der Waals surface area contributed by atoms with Crippen LogP contribution in [0.3, 0.4) is 0 Å². The maximum Gasteiger partial charge on any atom is 0.326 e. The zero-order chi connectivity index (χ0) is 16.8. The van der Waals surface area contributed by atoms with Gasteiger partial charge in [-0.15, -0.1) is 11.6 Å². The van der Waals surface area contributed by atoms with E-state index in [1.54, 1.807) is 41.5 Å². The average Bonchev–Trinajstić information content (AvgIpc) is 2.21. The van der Waals surface area contributed by atoms with Crippen molar-refractivity contribution in [3.8, 4) is 0 Å². The molecule has 0 aromatic heterocycles. The Balaban J connectivity index is 4.72. The van der Waals surface area contributed by atoms with E-state index in [2.05, 4.69) is 0 Å². The molecule has 0 aliphatic heterocycles. The standard InChI is InChI=1S/C14H24ClNO5/c1-13(2,3)20-11(18)8-16(10(17)7-15)9-12(19)21-14(4,5)6/h7-9H2,1-6H3. The SMILES string of the molecule is CC(C)(C)OC(=O)CN(CC(=O)OC(C)(C)C)C(=O)CCl. The lowest BCUT2D eigenvalue weighted by Gasteiger charge is -2.26. The normalized spacial score (nSPS) is 11.8. The largest absolute Gasteiger partial charge is 0.459 e. The van der Waals surface area contributed by atoms with E-state index < -0.39 is 29.0 Å². The summed E-state index contributed by atoms with van der Waals surface area (Å²) in [6.07, 6.45) is 0. The van der Waals surface area contributed by atoms with Gasteiger partial charge >= 0.3 is 11.9 Å². The molecule has 6 nitrogen and oxygen atoms in total. The molecule has 0 bridgehead atoms. The number of nitrogens with zero attached hydrogens (tertiary/aromatic N) is 1. The molecule has 7 heteroatoms. The smallest absolute Gasteiger partial charge is 0.326 e. The first-order valence-corrected chi connectivity index (χ1v) is 7.15. The first-order chi connectivity index (χ1) is 9.34. The summed E-state index contributed by atoms with van der Waals surface area (Å²) in [6, 6.07) is 0. The van der Waals surface area contributed by atoms with Crippen molar-refractivity contribution in [3.63, 3.8) is 0 Å². The summed E-state index contributed by atoms with van der Waals surface area (Å²) in [6.45, 7) is 9.60. The molecule has 0 aromatic rings. The van der Waals surface area contributed by atoms with E-state index in [4.69, 9.17) is 21.1 Å². The number of carbonyl (C=O) groups is 3. The highest BCUT2D eigenvalue weighted by atomic mass is 35.5. The molecule has 0 aromatic carbocycles. The molecule has 0 spiro atoms. The first kappa shape index (κ1) is 19.7. The number of amides is 1. The summed E-state index contributed by atoms with van der Waals surface area (Å²) in [5.41, 5.74) is -1.34. The van der Waals surface area contributed by atoms with Gasteiger partial charge in [0, 0.05) is 0 Å². The summed E-state index contributed by atoms with van der Waals surface area (Å²) >= 11 is 5.48. The fraction of sp³-hybridized carbons (Fsp3) is 0.786. The van der Waals surface area contributed by atoms with Crippen molar-refractivity contribution in [2.75, 3.05) is 19.0 Å². The molecule has 0 heterocycles. The predicted molar refractivity (Wildman–Crippen MR) is 79.0 cm³/mol. The van der Waals surface area contributed by atoms with Crippen LogP contribution in [0.5, 0.6) is 0 Å². The molecule has 0 rings (SSSR count). The van der Waals surface area contributed by atoms with E-state index in [1.807, 2.05) is 0 Å². The first-order valence-electron chi connectivity index (χ1n) is 6.61. The highest BCUT2D eigenvalue weighted by Crippen LogP contribution is 2.10. The van der Waals surface area contributed by atoms with Crippen LogP contribution in [0.2, 0.25) is 0 Å². The maximum absolute atomic E-state index is 11.7. The number of hydrogen-bond acceptors (Lipinski definition) is 5. The third kappa shape index (κ3) is 10.1. The molecule has 0 saturated heterocycles. The Hall–Kier alpha value is -1.30. The van der Waals surface area contributed by atoms with E-state index in [0.29, 0.717) is 0 Å². The highest BCUT2D eigenvalue weighted by molar-refractivity contribution is 6.27. The Kier molecular flexibility index (Phi) is 7.16. The van der Waals surface area contributed by atoms with Crippen molar-refractivity contribution < 1.29 is 23.9 Å². The minimum atomic E-state index is -0.668. The molecule has 0 N–H and O–H groups in total. The quantitative estimate of drug-likeness (QED) is 0.569. The molecule has 0 saturated carbocycles. The molecule has 0 aliphatic carbocycles. The minimum Gasteiger partial charge on any atom is -0.459 e. The molecule has 0 aliphatic rings. The average molecular weight is 322 g/mol. The molecule has 0 radical (unpaired) electrons. The number of carbonyl (C=O) groups excluding carboxylic acids is 3. The molecular formula is C14H24ClNO5. The molecule has 0 fully saturated rings. The fourth-order valence-corrected chi connectivity index (χ4v) is 1.55. The van der Waals surface area contributed by atoms with Gasteiger partial charge in [-0.25, -0.2) is 0 Å². The topological polar surface area (TPSA) is 72.9 Å². The second-order valence-electron chi connectivity index (χ2n) is 6.56. The predicted octanol–water partition coefficient (Wildman–Crippen LogP) is 1.74. The van der Waals surface area contributed by atoms with Crippen LogP contribution in [0.25, 0.3) is 0 Å². The third-order valence-corrected chi connectivity index (χ3v) is 2.18. The molecule has 0 unspecified atom stereocenters. The van der Waals surface area contributed by atoms with Crippen molar-refractivity contribution in [1.29, 1.82) is 0 Å². The number of hydrogen-bond donors (Lipinski definition) is 0. The van der Waals surface area contributed by atoms with Gasteiger partial charge in [0.2, 0.25) is 5.91 Å². The van der Waals surface area contributed by atoms with Gasteiger partial charge in [0.1, 0.15) is 30.2 Å². The van der Waals surface area contributed by atoms with Gasteiger partial charge in [-0.1, -0.05) is 0 Å². The number of esters is 2. The van der Waals surface area contributed by atoms with Crippen LogP contribution in [0, 0.1) is 0 Å². The lowest BCUT2D eigenvalue weighted by Crippen LogP contribution is -2.43. The Morgan fingerprint density at radius 3 is 1.43 bits per heavy atom. The third-order valence-electron chi connectivity index (χ3n) is 1.95. The number of halogens is 1. The molecule has 21 heavy (non-hydrogen) atoms. The Bertz CT molecular complexity index is 365. The van der Waals surface area contributed by atoms with Gasteiger partial charge in [-0.2, -0.15) is 0 Å². The fourth-order valence-electron chi connectivity index (χ4n) is 1.38. The van der Waals surface area contributed by atoms with Gasteiger partial charge in [0.15, 0.2) is 0 Å². The molecule has 0 atom stereocenters. The highest BCUT2D eigenvalue weighted by Gasteiger charge is 2.25. The second-order valence-corrected chi connectivity index (χ2v) is 6.82. The molecule has 122 valence electrons. The van der Waals surface area contributed by atoms with E-state index in [-0.39, 0.29) is 19.0 Å². The van der Waals surface area contributed by atoms with Gasteiger partial charge in [0.05, 0.1) is 0 Å².